The molecule has 2 heterocycles. The molecule has 3 rings (SSSR count). The first-order chi connectivity index (χ1) is 9.83. The van der Waals surface area contributed by atoms with Gasteiger partial charge in [0.05, 0.1) is 4.91 Å². The molecule has 1 fully saturated rings. The minimum Gasteiger partial charge on any atom is -0.351 e. The van der Waals surface area contributed by atoms with E-state index in [0.717, 1.165) is 28.7 Å². The van der Waals surface area contributed by atoms with Crippen LogP contribution in [0, 0.1) is 0 Å². The van der Waals surface area contributed by atoms with Crippen molar-refractivity contribution in [3.05, 3.63) is 40.8 Å². The van der Waals surface area contributed by atoms with Gasteiger partial charge in [-0.05, 0) is 36.2 Å². The third-order valence-corrected chi connectivity index (χ3v) is 4.63. The molecule has 4 heteroatoms. The molecule has 0 atom stereocenters. The first-order valence-electron chi connectivity index (χ1n) is 7.15. The van der Waals surface area contributed by atoms with Crippen molar-refractivity contribution in [2.75, 3.05) is 13.1 Å². The van der Waals surface area contributed by atoms with Crippen LogP contribution in [0.4, 0.5) is 0 Å². The van der Waals surface area contributed by atoms with Gasteiger partial charge in [0.2, 0.25) is 0 Å². The van der Waals surface area contributed by atoms with Crippen molar-refractivity contribution in [3.8, 4) is 0 Å². The number of hydrogen-bond donors (Lipinski definition) is 0. The van der Waals surface area contributed by atoms with Crippen molar-refractivity contribution >= 4 is 28.9 Å². The zero-order valence-electron chi connectivity index (χ0n) is 11.4. The van der Waals surface area contributed by atoms with Gasteiger partial charge in [-0.3, -0.25) is 4.79 Å². The van der Waals surface area contributed by atoms with Crippen LogP contribution in [-0.2, 0) is 4.79 Å². The van der Waals surface area contributed by atoms with Crippen molar-refractivity contribution in [2.24, 2.45) is 4.99 Å². The Kier molecular flexibility index (Phi) is 4.21. The van der Waals surface area contributed by atoms with E-state index in [0.29, 0.717) is 0 Å². The van der Waals surface area contributed by atoms with Gasteiger partial charge in [-0.25, -0.2) is 0 Å². The minimum atomic E-state index is -0.0990. The van der Waals surface area contributed by atoms with Crippen LogP contribution in [0.15, 0.2) is 40.2 Å². The fraction of sp³-hybridized carbons (Fsp3) is 0.375. The SMILES string of the molecule is O=C1N=C(N2CCCCCC2)S/C1=C\c1ccccc1. The molecule has 1 amide bonds. The summed E-state index contributed by atoms with van der Waals surface area (Å²) in [6.07, 6.45) is 6.91. The van der Waals surface area contributed by atoms with Crippen molar-refractivity contribution in [1.82, 2.24) is 4.90 Å². The molecule has 20 heavy (non-hydrogen) atoms. The van der Waals surface area contributed by atoms with Gasteiger partial charge in [0.1, 0.15) is 0 Å². The van der Waals surface area contributed by atoms with Crippen LogP contribution in [0.25, 0.3) is 6.08 Å². The molecule has 0 bridgehead atoms. The van der Waals surface area contributed by atoms with Gasteiger partial charge in [0, 0.05) is 13.1 Å². The number of hydrogen-bond acceptors (Lipinski definition) is 3. The quantitative estimate of drug-likeness (QED) is 0.740. The number of carbonyl (C=O) groups is 1. The number of rotatable bonds is 1. The highest BCUT2D eigenvalue weighted by atomic mass is 32.2. The highest BCUT2D eigenvalue weighted by Gasteiger charge is 2.26. The van der Waals surface area contributed by atoms with Gasteiger partial charge in [-0.15, -0.1) is 0 Å². The molecule has 0 radical (unpaired) electrons. The smallest absolute Gasteiger partial charge is 0.286 e. The molecule has 0 aliphatic carbocycles. The van der Waals surface area contributed by atoms with Crippen LogP contribution in [0.3, 0.4) is 0 Å². The summed E-state index contributed by atoms with van der Waals surface area (Å²) in [7, 11) is 0. The van der Waals surface area contributed by atoms with Crippen LogP contribution in [0.1, 0.15) is 31.2 Å². The lowest BCUT2D eigenvalue weighted by Crippen LogP contribution is -2.28. The number of benzene rings is 1. The Hall–Kier alpha value is -1.55. The molecule has 0 unspecified atom stereocenters. The monoisotopic (exact) mass is 286 g/mol. The first kappa shape index (κ1) is 13.4. The fourth-order valence-electron chi connectivity index (χ4n) is 2.50. The summed E-state index contributed by atoms with van der Waals surface area (Å²) in [6.45, 7) is 2.05. The Morgan fingerprint density at radius 2 is 1.75 bits per heavy atom. The number of amides is 1. The number of carbonyl (C=O) groups excluding carboxylic acids is 1. The summed E-state index contributed by atoms with van der Waals surface area (Å²) in [4.78, 5) is 19.2. The maximum atomic E-state index is 12.0. The molecule has 3 nitrogen and oxygen atoms in total. The molecule has 1 aromatic carbocycles. The van der Waals surface area contributed by atoms with Gasteiger partial charge in [-0.2, -0.15) is 4.99 Å². The Morgan fingerprint density at radius 3 is 2.45 bits per heavy atom. The van der Waals surface area contributed by atoms with E-state index in [2.05, 4.69) is 9.89 Å². The van der Waals surface area contributed by atoms with Crippen molar-refractivity contribution in [1.29, 1.82) is 0 Å². The molecule has 104 valence electrons. The van der Waals surface area contributed by atoms with Crippen LogP contribution in [0.5, 0.6) is 0 Å². The molecule has 2 aliphatic rings. The second kappa shape index (κ2) is 6.27. The number of thioether (sulfide) groups is 1. The van der Waals surface area contributed by atoms with Gasteiger partial charge in [0.15, 0.2) is 5.17 Å². The van der Waals surface area contributed by atoms with E-state index in [-0.39, 0.29) is 5.91 Å². The van der Waals surface area contributed by atoms with E-state index < -0.39 is 0 Å². The van der Waals surface area contributed by atoms with Gasteiger partial charge in [0.25, 0.3) is 5.91 Å². The fourth-order valence-corrected chi connectivity index (χ4v) is 3.46. The van der Waals surface area contributed by atoms with E-state index in [1.165, 1.54) is 37.4 Å². The molecule has 0 saturated carbocycles. The second-order valence-electron chi connectivity index (χ2n) is 5.12. The molecular formula is C16H18N2OS. The van der Waals surface area contributed by atoms with Crippen LogP contribution < -0.4 is 0 Å². The average Bonchev–Trinajstić information content (AvgIpc) is 2.70. The Bertz CT molecular complexity index is 543. The summed E-state index contributed by atoms with van der Waals surface area (Å²) < 4.78 is 0. The van der Waals surface area contributed by atoms with Gasteiger partial charge in [-0.1, -0.05) is 43.2 Å². The Morgan fingerprint density at radius 1 is 1.05 bits per heavy atom. The summed E-state index contributed by atoms with van der Waals surface area (Å²) >= 11 is 1.52. The number of amidine groups is 1. The predicted octanol–water partition coefficient (Wildman–Crippen LogP) is 3.53. The van der Waals surface area contributed by atoms with E-state index in [4.69, 9.17) is 0 Å². The Labute approximate surface area is 123 Å². The number of nitrogens with zero attached hydrogens (tertiary/aromatic N) is 2. The van der Waals surface area contributed by atoms with E-state index >= 15 is 0 Å². The van der Waals surface area contributed by atoms with Crippen LogP contribution >= 0.6 is 11.8 Å². The van der Waals surface area contributed by atoms with Crippen LogP contribution in [0.2, 0.25) is 0 Å². The molecule has 0 N–H and O–H groups in total. The zero-order chi connectivity index (χ0) is 13.8. The number of likely N-dealkylation sites (tertiary alicyclic amines) is 1. The van der Waals surface area contributed by atoms with E-state index in [1.807, 2.05) is 36.4 Å². The highest BCUT2D eigenvalue weighted by Crippen LogP contribution is 2.31. The molecule has 0 aromatic heterocycles. The lowest BCUT2D eigenvalue weighted by Gasteiger charge is -2.20. The largest absolute Gasteiger partial charge is 0.351 e. The predicted molar refractivity (Wildman–Crippen MR) is 84.5 cm³/mol. The summed E-state index contributed by atoms with van der Waals surface area (Å²) in [5.74, 6) is -0.0990. The topological polar surface area (TPSA) is 32.7 Å². The summed E-state index contributed by atoms with van der Waals surface area (Å²) in [5.41, 5.74) is 1.05. The zero-order valence-corrected chi connectivity index (χ0v) is 12.2. The van der Waals surface area contributed by atoms with Crippen molar-refractivity contribution in [2.45, 2.75) is 25.7 Å². The maximum Gasteiger partial charge on any atom is 0.286 e. The van der Waals surface area contributed by atoms with Crippen LogP contribution in [-0.4, -0.2) is 29.1 Å². The van der Waals surface area contributed by atoms with Gasteiger partial charge < -0.3 is 4.90 Å². The third kappa shape index (κ3) is 3.12. The molecular weight excluding hydrogens is 268 g/mol. The number of aliphatic imine (C=N–C) groups is 1. The van der Waals surface area contributed by atoms with E-state index in [9.17, 15) is 4.79 Å². The normalized spacial score (nSPS) is 22.0. The lowest BCUT2D eigenvalue weighted by molar-refractivity contribution is -0.113. The summed E-state index contributed by atoms with van der Waals surface area (Å²) in [6, 6.07) is 9.94. The van der Waals surface area contributed by atoms with Crippen molar-refractivity contribution in [3.63, 3.8) is 0 Å². The maximum absolute atomic E-state index is 12.0. The molecule has 1 aromatic rings. The average molecular weight is 286 g/mol. The third-order valence-electron chi connectivity index (χ3n) is 3.58. The van der Waals surface area contributed by atoms with E-state index in [1.54, 1.807) is 0 Å². The first-order valence-corrected chi connectivity index (χ1v) is 7.97. The summed E-state index contributed by atoms with van der Waals surface area (Å²) in [5, 5.41) is 0.888. The highest BCUT2D eigenvalue weighted by molar-refractivity contribution is 8.18. The molecule has 1 saturated heterocycles. The molecule has 2 aliphatic heterocycles. The standard InChI is InChI=1S/C16H18N2OS/c19-15-14(12-13-8-4-3-5-9-13)20-16(17-15)18-10-6-1-2-7-11-18/h3-5,8-9,12H,1-2,6-7,10-11H2/b14-12-. The second-order valence-corrected chi connectivity index (χ2v) is 6.13. The van der Waals surface area contributed by atoms with Crippen molar-refractivity contribution < 1.29 is 4.79 Å². The Balaban J connectivity index is 1.73. The van der Waals surface area contributed by atoms with Gasteiger partial charge >= 0.3 is 0 Å². The minimum absolute atomic E-state index is 0.0990. The lowest BCUT2D eigenvalue weighted by atomic mass is 10.2. The molecule has 0 spiro atoms.